The molecule has 2 heterocycles. The van der Waals surface area contributed by atoms with Crippen LogP contribution in [0.25, 0.3) is 10.9 Å². The number of nitrogens with zero attached hydrogens (tertiary/aromatic N) is 2. The Hall–Kier alpha value is -3.26. The molecule has 2 aliphatic rings. The minimum Gasteiger partial charge on any atom is -0.507 e. The smallest absolute Gasteiger partial charge is 0.258 e. The molecule has 1 amide bonds. The minimum absolute atomic E-state index is 0.0397. The first kappa shape index (κ1) is 21.6. The number of amides is 1. The lowest BCUT2D eigenvalue weighted by atomic mass is 9.95. The highest BCUT2D eigenvalue weighted by Crippen LogP contribution is 2.33. The molecule has 1 saturated carbocycles. The predicted molar refractivity (Wildman–Crippen MR) is 127 cm³/mol. The maximum Gasteiger partial charge on any atom is 0.258 e. The second-order valence-corrected chi connectivity index (χ2v) is 9.05. The van der Waals surface area contributed by atoms with E-state index in [1.54, 1.807) is 17.0 Å². The number of carbonyl (C=O) groups is 1. The molecule has 1 aliphatic heterocycles. The Morgan fingerprint density at radius 1 is 1.18 bits per heavy atom. The number of aromatic amines is 1. The van der Waals surface area contributed by atoms with Gasteiger partial charge >= 0.3 is 0 Å². The maximum atomic E-state index is 13.4. The van der Waals surface area contributed by atoms with Gasteiger partial charge in [-0.25, -0.2) is 0 Å². The van der Waals surface area contributed by atoms with Crippen LogP contribution in [0.3, 0.4) is 0 Å². The lowest BCUT2D eigenvalue weighted by molar-refractivity contribution is 0.0748. The monoisotopic (exact) mass is 449 g/mol. The van der Waals surface area contributed by atoms with Crippen LogP contribution in [0.2, 0.25) is 0 Å². The number of aromatic hydroxyl groups is 1. The number of aromatic nitrogens is 2. The van der Waals surface area contributed by atoms with Crippen LogP contribution in [-0.4, -0.2) is 45.3 Å². The summed E-state index contributed by atoms with van der Waals surface area (Å²) < 4.78 is 5.75. The third kappa shape index (κ3) is 4.48. The maximum absolute atomic E-state index is 13.4. The zero-order valence-electron chi connectivity index (χ0n) is 18.8. The molecule has 3 aromatic rings. The van der Waals surface area contributed by atoms with Crippen LogP contribution in [0, 0.1) is 0 Å². The van der Waals surface area contributed by atoms with E-state index in [9.17, 15) is 9.90 Å². The fourth-order valence-corrected chi connectivity index (χ4v) is 4.82. The van der Waals surface area contributed by atoms with Crippen LogP contribution in [0.4, 0.5) is 5.82 Å². The Bertz CT molecular complexity index is 1150. The summed E-state index contributed by atoms with van der Waals surface area (Å²) in [7, 11) is 0. The summed E-state index contributed by atoms with van der Waals surface area (Å²) in [5.74, 6) is 1.30. The number of nitrogens with two attached hydrogens (primary N) is 1. The first-order valence-corrected chi connectivity index (χ1v) is 11.8. The van der Waals surface area contributed by atoms with E-state index in [0.717, 1.165) is 47.3 Å². The summed E-state index contributed by atoms with van der Waals surface area (Å²) in [6.07, 6.45) is 6.78. The van der Waals surface area contributed by atoms with Crippen molar-refractivity contribution in [1.29, 1.82) is 0 Å². The van der Waals surface area contributed by atoms with Crippen molar-refractivity contribution in [1.82, 2.24) is 15.1 Å². The molecule has 1 aromatic heterocycles. The highest BCUT2D eigenvalue weighted by molar-refractivity contribution is 6.03. The summed E-state index contributed by atoms with van der Waals surface area (Å²) in [6.45, 7) is 2.16. The minimum atomic E-state index is -0.194. The van der Waals surface area contributed by atoms with E-state index >= 15 is 0 Å². The number of anilines is 1. The van der Waals surface area contributed by atoms with Gasteiger partial charge in [0.05, 0.1) is 17.7 Å². The largest absolute Gasteiger partial charge is 0.507 e. The number of phenolic OH excluding ortho intramolecular Hbond substituents is 1. The Morgan fingerprint density at radius 3 is 2.82 bits per heavy atom. The van der Waals surface area contributed by atoms with E-state index in [1.165, 1.54) is 19.3 Å². The lowest BCUT2D eigenvalue weighted by Crippen LogP contribution is -2.25. The average molecular weight is 450 g/mol. The summed E-state index contributed by atoms with van der Waals surface area (Å²) in [5, 5.41) is 22.3. The summed E-state index contributed by atoms with van der Waals surface area (Å²) in [4.78, 5) is 15.1. The van der Waals surface area contributed by atoms with Gasteiger partial charge in [-0.15, -0.1) is 0 Å². The van der Waals surface area contributed by atoms with Crippen LogP contribution < -0.4 is 15.8 Å². The van der Waals surface area contributed by atoms with Crippen molar-refractivity contribution in [3.8, 4) is 11.5 Å². The van der Waals surface area contributed by atoms with Crippen molar-refractivity contribution in [3.05, 3.63) is 47.0 Å². The molecule has 0 unspecified atom stereocenters. The van der Waals surface area contributed by atoms with Crippen molar-refractivity contribution < 1.29 is 14.6 Å². The van der Waals surface area contributed by atoms with Crippen molar-refractivity contribution in [2.75, 3.05) is 18.5 Å². The molecule has 0 radical (unpaired) electrons. The van der Waals surface area contributed by atoms with Gasteiger partial charge in [-0.05, 0) is 55.1 Å². The molecule has 0 spiro atoms. The van der Waals surface area contributed by atoms with E-state index < -0.39 is 0 Å². The van der Waals surface area contributed by atoms with Gasteiger partial charge in [0.2, 0.25) is 0 Å². The molecular weight excluding hydrogens is 418 g/mol. The number of H-pyrrole nitrogens is 1. The van der Waals surface area contributed by atoms with Crippen molar-refractivity contribution in [2.45, 2.75) is 57.7 Å². The normalized spacial score (nSPS) is 16.2. The van der Waals surface area contributed by atoms with Crippen molar-refractivity contribution in [3.63, 3.8) is 0 Å². The highest BCUT2D eigenvalue weighted by Gasteiger charge is 2.27. The Kier molecular flexibility index (Phi) is 6.09. The van der Waals surface area contributed by atoms with E-state index in [1.807, 2.05) is 18.2 Å². The van der Waals surface area contributed by atoms with Gasteiger partial charge in [0.25, 0.3) is 5.91 Å². The number of carbonyl (C=O) groups excluding carboxylic acids is 1. The van der Waals surface area contributed by atoms with Crippen LogP contribution >= 0.6 is 0 Å². The molecule has 1 fully saturated rings. The Morgan fingerprint density at radius 2 is 2.00 bits per heavy atom. The number of hydrogen-bond donors (Lipinski definition) is 4. The number of nitrogens with one attached hydrogen (secondary N) is 2. The van der Waals surface area contributed by atoms with E-state index in [0.29, 0.717) is 43.4 Å². The highest BCUT2D eigenvalue weighted by atomic mass is 16.5. The second-order valence-electron chi connectivity index (χ2n) is 9.05. The van der Waals surface area contributed by atoms with Gasteiger partial charge in [-0.1, -0.05) is 25.3 Å². The summed E-state index contributed by atoms with van der Waals surface area (Å²) in [5.41, 5.74) is 8.70. The van der Waals surface area contributed by atoms with Gasteiger partial charge < -0.3 is 25.8 Å². The molecule has 1 aliphatic carbocycles. The molecule has 8 nitrogen and oxygen atoms in total. The molecule has 8 heteroatoms. The first-order chi connectivity index (χ1) is 16.1. The van der Waals surface area contributed by atoms with E-state index in [4.69, 9.17) is 10.5 Å². The average Bonchev–Trinajstić information content (AvgIpc) is 3.42. The summed E-state index contributed by atoms with van der Waals surface area (Å²) >= 11 is 0. The standard InChI is InChI=1S/C25H31N5O3/c26-9-4-10-33-19-8-7-16-14-30(15-17(16)11-19)25(32)21-12-20-22(13-23(21)31)28-29-24(20)27-18-5-2-1-3-6-18/h7-8,11-13,18,31H,1-6,9-10,14-15,26H2,(H2,27,28,29). The molecule has 5 N–H and O–H groups in total. The number of rotatable bonds is 7. The van der Waals surface area contributed by atoms with Gasteiger partial charge in [0, 0.05) is 30.6 Å². The van der Waals surface area contributed by atoms with E-state index in [-0.39, 0.29) is 11.7 Å². The van der Waals surface area contributed by atoms with Crippen LogP contribution in [0.15, 0.2) is 30.3 Å². The predicted octanol–water partition coefficient (Wildman–Crippen LogP) is 3.90. The van der Waals surface area contributed by atoms with Gasteiger partial charge in [0.15, 0.2) is 5.82 Å². The fraction of sp³-hybridized carbons (Fsp3) is 0.440. The van der Waals surface area contributed by atoms with Gasteiger partial charge in [-0.2, -0.15) is 5.10 Å². The Balaban J connectivity index is 1.34. The van der Waals surface area contributed by atoms with Crippen molar-refractivity contribution in [2.24, 2.45) is 5.73 Å². The van der Waals surface area contributed by atoms with E-state index in [2.05, 4.69) is 15.5 Å². The zero-order chi connectivity index (χ0) is 22.8. The SMILES string of the molecule is NCCCOc1ccc2c(c1)CN(C(=O)c1cc3c(NC4CCCCC4)n[nH]c3cc1O)C2. The first-order valence-electron chi connectivity index (χ1n) is 11.8. The topological polar surface area (TPSA) is 117 Å². The quantitative estimate of drug-likeness (QED) is 0.407. The van der Waals surface area contributed by atoms with Gasteiger partial charge in [0.1, 0.15) is 11.5 Å². The molecule has 0 atom stereocenters. The molecular formula is C25H31N5O3. The number of fused-ring (bicyclic) bond motifs is 2. The fourth-order valence-electron chi connectivity index (χ4n) is 4.82. The lowest BCUT2D eigenvalue weighted by Gasteiger charge is -2.22. The third-order valence-corrected chi connectivity index (χ3v) is 6.66. The number of benzene rings is 2. The summed E-state index contributed by atoms with van der Waals surface area (Å²) in [6, 6.07) is 9.67. The molecule has 0 saturated heterocycles. The van der Waals surface area contributed by atoms with Crippen LogP contribution in [-0.2, 0) is 13.1 Å². The molecule has 174 valence electrons. The molecule has 33 heavy (non-hydrogen) atoms. The van der Waals surface area contributed by atoms with Gasteiger partial charge in [-0.3, -0.25) is 9.89 Å². The zero-order valence-corrected chi connectivity index (χ0v) is 18.8. The third-order valence-electron chi connectivity index (χ3n) is 6.66. The number of hydrogen-bond acceptors (Lipinski definition) is 6. The van der Waals surface area contributed by atoms with Crippen LogP contribution in [0.5, 0.6) is 11.5 Å². The molecule has 5 rings (SSSR count). The number of ether oxygens (including phenoxy) is 1. The second kappa shape index (κ2) is 9.31. The van der Waals surface area contributed by atoms with Crippen molar-refractivity contribution >= 4 is 22.6 Å². The molecule has 2 aromatic carbocycles. The van der Waals surface area contributed by atoms with Crippen LogP contribution in [0.1, 0.15) is 60.0 Å². The number of phenols is 1. The Labute approximate surface area is 193 Å². The molecule has 0 bridgehead atoms.